The summed E-state index contributed by atoms with van der Waals surface area (Å²) in [4.78, 5) is 20.3. The number of fused-ring (bicyclic) bond motifs is 1. The molecule has 0 saturated carbocycles. The second-order valence-electron chi connectivity index (χ2n) is 2.69. The van der Waals surface area contributed by atoms with E-state index in [1.807, 2.05) is 12.2 Å². The van der Waals surface area contributed by atoms with Crippen molar-refractivity contribution in [3.05, 3.63) is 35.4 Å². The molecule has 0 bridgehead atoms. The van der Waals surface area contributed by atoms with Gasteiger partial charge in [-0.1, -0.05) is 12.2 Å². The lowest BCUT2D eigenvalue weighted by Gasteiger charge is -2.03. The number of hydrogen-bond donors (Lipinski definition) is 0. The average molecular weight is 176 g/mol. The van der Waals surface area contributed by atoms with Crippen molar-refractivity contribution in [2.24, 2.45) is 0 Å². The van der Waals surface area contributed by atoms with Gasteiger partial charge in [0, 0.05) is 11.1 Å². The molecule has 0 aliphatic carbocycles. The van der Waals surface area contributed by atoms with Crippen LogP contribution in [0, 0.1) is 0 Å². The zero-order valence-corrected chi connectivity index (χ0v) is 6.90. The van der Waals surface area contributed by atoms with E-state index >= 15 is 0 Å². The van der Waals surface area contributed by atoms with Gasteiger partial charge in [0.05, 0.1) is 0 Å². The zero-order chi connectivity index (χ0) is 9.10. The molecule has 0 N–H and O–H groups in total. The molecular formula is C10H8O3. The highest BCUT2D eigenvalue weighted by Crippen LogP contribution is 2.23. The Morgan fingerprint density at radius 2 is 2.31 bits per heavy atom. The smallest absolute Gasteiger partial charge is 0.172 e. The van der Waals surface area contributed by atoms with Crippen LogP contribution in [0.2, 0.25) is 0 Å². The predicted molar refractivity (Wildman–Crippen MR) is 47.4 cm³/mol. The molecule has 1 aromatic rings. The fraction of sp³-hybridized carbons (Fsp3) is 0.100. The molecular weight excluding hydrogens is 168 g/mol. The van der Waals surface area contributed by atoms with Gasteiger partial charge in [-0.15, -0.1) is 0 Å². The van der Waals surface area contributed by atoms with Crippen LogP contribution in [0.15, 0.2) is 24.3 Å². The molecule has 3 nitrogen and oxygen atoms in total. The summed E-state index contributed by atoms with van der Waals surface area (Å²) in [5.74, 6) is 0.638. The van der Waals surface area contributed by atoms with Crippen LogP contribution in [0.5, 0.6) is 5.75 Å². The highest BCUT2D eigenvalue weighted by atomic mass is 17.2. The molecule has 0 amide bonds. The van der Waals surface area contributed by atoms with Crippen LogP contribution in [0.25, 0.3) is 6.08 Å². The molecule has 0 unspecified atom stereocenters. The maximum Gasteiger partial charge on any atom is 0.172 e. The molecule has 1 aromatic carbocycles. The monoisotopic (exact) mass is 176 g/mol. The van der Waals surface area contributed by atoms with E-state index in [2.05, 4.69) is 0 Å². The van der Waals surface area contributed by atoms with Crippen molar-refractivity contribution in [2.45, 2.75) is 0 Å². The molecule has 0 saturated heterocycles. The summed E-state index contributed by atoms with van der Waals surface area (Å²) in [6.45, 7) is 0.422. The first-order chi connectivity index (χ1) is 6.40. The maximum absolute atomic E-state index is 10.5. The van der Waals surface area contributed by atoms with Gasteiger partial charge in [-0.05, 0) is 18.2 Å². The number of carbonyl (C=O) groups is 1. The van der Waals surface area contributed by atoms with Gasteiger partial charge in [-0.25, -0.2) is 0 Å². The van der Waals surface area contributed by atoms with Gasteiger partial charge in [0.1, 0.15) is 12.9 Å². The molecule has 2 rings (SSSR count). The van der Waals surface area contributed by atoms with E-state index in [1.54, 1.807) is 18.2 Å². The Morgan fingerprint density at radius 1 is 1.38 bits per heavy atom. The number of carbonyl (C=O) groups excluding carboxylic acids is 1. The lowest BCUT2D eigenvalue weighted by molar-refractivity contribution is -0.194. The number of hydrogen-bond acceptors (Lipinski definition) is 3. The predicted octanol–water partition coefficient (Wildman–Crippen LogP) is 1.84. The Hall–Kier alpha value is -1.61. The van der Waals surface area contributed by atoms with Gasteiger partial charge in [-0.2, -0.15) is 4.89 Å². The Balaban J connectivity index is 2.46. The van der Waals surface area contributed by atoms with Crippen LogP contribution in [0.1, 0.15) is 15.9 Å². The van der Waals surface area contributed by atoms with E-state index in [0.29, 0.717) is 17.9 Å². The molecule has 66 valence electrons. The second kappa shape index (κ2) is 3.41. The molecule has 0 radical (unpaired) electrons. The van der Waals surface area contributed by atoms with E-state index in [4.69, 9.17) is 9.78 Å². The Labute approximate surface area is 75.5 Å². The third-order valence-corrected chi connectivity index (χ3v) is 1.78. The van der Waals surface area contributed by atoms with E-state index in [-0.39, 0.29) is 0 Å². The van der Waals surface area contributed by atoms with Crippen molar-refractivity contribution in [2.75, 3.05) is 6.61 Å². The number of rotatable bonds is 1. The highest BCUT2D eigenvalue weighted by molar-refractivity contribution is 5.77. The summed E-state index contributed by atoms with van der Waals surface area (Å²) in [6.07, 6.45) is 4.51. The molecule has 3 heteroatoms. The van der Waals surface area contributed by atoms with Crippen LogP contribution in [-0.2, 0) is 4.89 Å². The summed E-state index contributed by atoms with van der Waals surface area (Å²) >= 11 is 0. The molecule has 0 aromatic heterocycles. The van der Waals surface area contributed by atoms with Gasteiger partial charge in [-0.3, -0.25) is 4.79 Å². The van der Waals surface area contributed by atoms with Crippen LogP contribution < -0.4 is 4.89 Å². The number of aldehydes is 1. The summed E-state index contributed by atoms with van der Waals surface area (Å²) < 4.78 is 0. The summed E-state index contributed by atoms with van der Waals surface area (Å²) in [5.41, 5.74) is 1.50. The fourth-order valence-corrected chi connectivity index (χ4v) is 1.16. The van der Waals surface area contributed by atoms with E-state index in [1.165, 1.54) is 0 Å². The first-order valence-corrected chi connectivity index (χ1v) is 3.95. The van der Waals surface area contributed by atoms with Gasteiger partial charge >= 0.3 is 0 Å². The number of benzene rings is 1. The van der Waals surface area contributed by atoms with Crippen molar-refractivity contribution in [1.29, 1.82) is 0 Å². The minimum atomic E-state index is 0.422. The van der Waals surface area contributed by atoms with Gasteiger partial charge in [0.2, 0.25) is 0 Å². The highest BCUT2D eigenvalue weighted by Gasteiger charge is 2.05. The van der Waals surface area contributed by atoms with E-state index in [9.17, 15) is 4.79 Å². The molecule has 1 heterocycles. The van der Waals surface area contributed by atoms with Crippen molar-refractivity contribution in [3.8, 4) is 5.75 Å². The summed E-state index contributed by atoms with van der Waals surface area (Å²) in [5, 5.41) is 0. The first-order valence-electron chi connectivity index (χ1n) is 3.95. The molecule has 0 fully saturated rings. The molecule has 0 atom stereocenters. The SMILES string of the molecule is O=Cc1ccc2c(c1)C=CCOO2. The van der Waals surface area contributed by atoms with Crippen LogP contribution in [0.3, 0.4) is 0 Å². The summed E-state index contributed by atoms with van der Waals surface area (Å²) in [6, 6.07) is 5.16. The van der Waals surface area contributed by atoms with Crippen molar-refractivity contribution >= 4 is 12.4 Å². The van der Waals surface area contributed by atoms with E-state index in [0.717, 1.165) is 11.8 Å². The third kappa shape index (κ3) is 1.60. The average Bonchev–Trinajstić information content (AvgIpc) is 2.41. The minimum absolute atomic E-state index is 0.422. The van der Waals surface area contributed by atoms with Crippen molar-refractivity contribution in [3.63, 3.8) is 0 Å². The van der Waals surface area contributed by atoms with E-state index < -0.39 is 0 Å². The quantitative estimate of drug-likeness (QED) is 0.483. The molecule has 1 aliphatic heterocycles. The molecule has 13 heavy (non-hydrogen) atoms. The largest absolute Gasteiger partial charge is 0.337 e. The lowest BCUT2D eigenvalue weighted by Crippen LogP contribution is -1.95. The minimum Gasteiger partial charge on any atom is -0.337 e. The maximum atomic E-state index is 10.5. The van der Waals surface area contributed by atoms with Crippen LogP contribution in [0.4, 0.5) is 0 Å². The Morgan fingerprint density at radius 3 is 3.15 bits per heavy atom. The Kier molecular flexibility index (Phi) is 2.10. The topological polar surface area (TPSA) is 35.5 Å². The normalized spacial score (nSPS) is 14.2. The van der Waals surface area contributed by atoms with Crippen molar-refractivity contribution < 1.29 is 14.6 Å². The molecule has 0 spiro atoms. The van der Waals surface area contributed by atoms with Gasteiger partial charge in [0.25, 0.3) is 0 Å². The third-order valence-electron chi connectivity index (χ3n) is 1.78. The standard InChI is InChI=1S/C10H8O3/c11-7-8-3-4-10-9(6-8)2-1-5-12-13-10/h1-4,6-7H,5H2. The fourth-order valence-electron chi connectivity index (χ4n) is 1.16. The first kappa shape index (κ1) is 8.01. The molecule has 1 aliphatic rings. The summed E-state index contributed by atoms with van der Waals surface area (Å²) in [7, 11) is 0. The Bertz CT molecular complexity index is 355. The van der Waals surface area contributed by atoms with Gasteiger partial charge in [0.15, 0.2) is 5.75 Å². The van der Waals surface area contributed by atoms with Crippen LogP contribution in [-0.4, -0.2) is 12.9 Å². The second-order valence-corrected chi connectivity index (χ2v) is 2.69. The van der Waals surface area contributed by atoms with Crippen LogP contribution >= 0.6 is 0 Å². The zero-order valence-electron chi connectivity index (χ0n) is 6.90. The van der Waals surface area contributed by atoms with Gasteiger partial charge < -0.3 is 4.89 Å². The lowest BCUT2D eigenvalue weighted by atomic mass is 10.1. The van der Waals surface area contributed by atoms with Crippen molar-refractivity contribution in [1.82, 2.24) is 0 Å².